The lowest BCUT2D eigenvalue weighted by Gasteiger charge is -2.15. The van der Waals surface area contributed by atoms with Gasteiger partial charge in [0.25, 0.3) is 0 Å². The molecule has 0 atom stereocenters. The molecule has 0 heterocycles. The van der Waals surface area contributed by atoms with E-state index >= 15 is 0 Å². The highest BCUT2D eigenvalue weighted by Gasteiger charge is 2.40. The molecule has 0 aliphatic rings. The summed E-state index contributed by atoms with van der Waals surface area (Å²) in [4.78, 5) is 10.3. The zero-order chi connectivity index (χ0) is 14.0. The van der Waals surface area contributed by atoms with Gasteiger partial charge in [0.1, 0.15) is 0 Å². The molecule has 0 radical (unpaired) electrons. The Morgan fingerprint density at radius 3 is 2.39 bits per heavy atom. The van der Waals surface area contributed by atoms with Crippen LogP contribution in [-0.4, -0.2) is 26.5 Å². The molecule has 1 aromatic rings. The van der Waals surface area contributed by atoms with Crippen LogP contribution in [-0.2, 0) is 21.1 Å². The quantitative estimate of drug-likeness (QED) is 0.845. The number of hydrogen-bond donors (Lipinski definition) is 1. The minimum Gasteiger partial charge on any atom is -0.265 e. The van der Waals surface area contributed by atoms with E-state index in [-0.39, 0.29) is 10.5 Å². The molecule has 0 unspecified atom stereocenters. The first-order chi connectivity index (χ1) is 8.18. The van der Waals surface area contributed by atoms with Crippen molar-refractivity contribution in [2.24, 2.45) is 0 Å². The lowest BCUT2D eigenvalue weighted by Crippen LogP contribution is -2.38. The van der Waals surface area contributed by atoms with Crippen molar-refractivity contribution < 1.29 is 26.5 Å². The van der Waals surface area contributed by atoms with Crippen LogP contribution in [0.25, 0.3) is 0 Å². The Hall–Kier alpha value is -1.57. The Morgan fingerprint density at radius 1 is 1.33 bits per heavy atom. The first-order valence-electron chi connectivity index (χ1n) is 4.75. The van der Waals surface area contributed by atoms with Gasteiger partial charge in [-0.15, -0.1) is 4.48 Å². The third-order valence-electron chi connectivity index (χ3n) is 2.20. The third-order valence-corrected chi connectivity index (χ3v) is 3.40. The zero-order valence-corrected chi connectivity index (χ0v) is 10.1. The van der Waals surface area contributed by atoms with Gasteiger partial charge in [0.15, 0.2) is 9.84 Å². The highest BCUT2D eigenvalue weighted by Crippen LogP contribution is 2.25. The second-order valence-electron chi connectivity index (χ2n) is 3.68. The Bertz CT molecular complexity index is 557. The first kappa shape index (κ1) is 14.5. The number of alkyl halides is 2. The summed E-state index contributed by atoms with van der Waals surface area (Å²) in [7, 11) is -3.70. The Labute approximate surface area is 102 Å². The van der Waals surface area contributed by atoms with E-state index in [9.17, 15) is 26.5 Å². The zero-order valence-electron chi connectivity index (χ0n) is 9.28. The fourth-order valence-electron chi connectivity index (χ4n) is 1.40. The molecule has 0 saturated carbocycles. The van der Waals surface area contributed by atoms with Crippen molar-refractivity contribution in [2.75, 3.05) is 6.26 Å². The lowest BCUT2D eigenvalue weighted by atomic mass is 10.1. The molecular formula is C10H10F3NO3S. The molecule has 0 aliphatic heterocycles. The van der Waals surface area contributed by atoms with Gasteiger partial charge in [0, 0.05) is 12.7 Å². The minimum atomic E-state index is -4.02. The molecule has 1 aromatic carbocycles. The molecule has 1 amide bonds. The van der Waals surface area contributed by atoms with Crippen molar-refractivity contribution in [3.05, 3.63) is 29.8 Å². The summed E-state index contributed by atoms with van der Waals surface area (Å²) in [6.07, 6.45) is -0.328. The summed E-state index contributed by atoms with van der Waals surface area (Å²) in [6.45, 7) is 0. The van der Waals surface area contributed by atoms with Gasteiger partial charge in [-0.3, -0.25) is 4.79 Å². The maximum atomic E-state index is 13.2. The number of benzene rings is 1. The number of carbonyl (C=O) groups is 1. The van der Waals surface area contributed by atoms with Gasteiger partial charge >= 0.3 is 11.8 Å². The van der Waals surface area contributed by atoms with Gasteiger partial charge in [-0.25, -0.2) is 8.42 Å². The molecule has 8 heteroatoms. The average molecular weight is 281 g/mol. The highest BCUT2D eigenvalue weighted by molar-refractivity contribution is 7.90. The van der Waals surface area contributed by atoms with E-state index < -0.39 is 28.1 Å². The van der Waals surface area contributed by atoms with Crippen molar-refractivity contribution in [1.82, 2.24) is 5.54 Å². The average Bonchev–Trinajstić information content (AvgIpc) is 2.26. The Kier molecular flexibility index (Phi) is 4.00. The molecule has 0 aliphatic carbocycles. The van der Waals surface area contributed by atoms with Gasteiger partial charge in [-0.05, 0) is 11.6 Å². The van der Waals surface area contributed by atoms with Crippen LogP contribution in [0.3, 0.4) is 0 Å². The number of nitrogens with one attached hydrogen (secondary N) is 1. The highest BCUT2D eigenvalue weighted by atomic mass is 32.2. The van der Waals surface area contributed by atoms with Crippen molar-refractivity contribution in [1.29, 1.82) is 0 Å². The summed E-state index contributed by atoms with van der Waals surface area (Å²) < 4.78 is 60.9. The number of hydrogen-bond acceptors (Lipinski definition) is 3. The van der Waals surface area contributed by atoms with Gasteiger partial charge in [0.2, 0.25) is 0 Å². The molecule has 1 N–H and O–H groups in total. The molecular weight excluding hydrogens is 271 g/mol. The largest absolute Gasteiger partial charge is 0.330 e. The van der Waals surface area contributed by atoms with E-state index in [1.165, 1.54) is 12.1 Å². The van der Waals surface area contributed by atoms with Gasteiger partial charge in [-0.2, -0.15) is 14.3 Å². The first-order valence-corrected chi connectivity index (χ1v) is 6.64. The summed E-state index contributed by atoms with van der Waals surface area (Å²) in [5.74, 6) is -6.12. The van der Waals surface area contributed by atoms with Gasteiger partial charge in [-0.1, -0.05) is 18.2 Å². The van der Waals surface area contributed by atoms with Crippen molar-refractivity contribution in [3.8, 4) is 0 Å². The number of rotatable bonds is 4. The fraction of sp³-hybridized carbons (Fsp3) is 0.300. The fourth-order valence-corrected chi connectivity index (χ4v) is 2.34. The van der Waals surface area contributed by atoms with Crippen LogP contribution < -0.4 is 5.54 Å². The van der Waals surface area contributed by atoms with Gasteiger partial charge < -0.3 is 0 Å². The molecule has 4 nitrogen and oxygen atoms in total. The molecule has 0 spiro atoms. The van der Waals surface area contributed by atoms with Crippen molar-refractivity contribution in [3.63, 3.8) is 0 Å². The van der Waals surface area contributed by atoms with Crippen molar-refractivity contribution >= 4 is 15.7 Å². The standard InChI is InChI=1S/C10H10F3NO3S/c1-18(16,17)8-5-3-2-4-7(8)6-10(11,12)9(15)14-13/h2-5H,6H2,1H3,(H,14,15). The topological polar surface area (TPSA) is 63.2 Å². The van der Waals surface area contributed by atoms with Crippen LogP contribution in [0.1, 0.15) is 5.56 Å². The predicted octanol–water partition coefficient (Wildman–Crippen LogP) is 1.27. The van der Waals surface area contributed by atoms with E-state index in [1.54, 1.807) is 0 Å². The monoisotopic (exact) mass is 281 g/mol. The van der Waals surface area contributed by atoms with E-state index in [0.29, 0.717) is 5.54 Å². The van der Waals surface area contributed by atoms with Crippen LogP contribution >= 0.6 is 0 Å². The summed E-state index contributed by atoms with van der Waals surface area (Å²) in [5, 5.41) is 0. The number of amides is 1. The number of halogens is 3. The molecule has 1 rings (SSSR count). The summed E-state index contributed by atoms with van der Waals surface area (Å²) in [5.41, 5.74) is 0.103. The predicted molar refractivity (Wildman–Crippen MR) is 57.5 cm³/mol. The van der Waals surface area contributed by atoms with Crippen LogP contribution in [0.4, 0.5) is 13.3 Å². The molecule has 18 heavy (non-hydrogen) atoms. The lowest BCUT2D eigenvalue weighted by molar-refractivity contribution is -0.150. The van der Waals surface area contributed by atoms with E-state index in [0.717, 1.165) is 18.4 Å². The second kappa shape index (κ2) is 4.97. The maximum absolute atomic E-state index is 13.2. The van der Waals surface area contributed by atoms with Crippen LogP contribution in [0.2, 0.25) is 0 Å². The smallest absolute Gasteiger partial charge is 0.265 e. The molecule has 0 bridgehead atoms. The van der Waals surface area contributed by atoms with E-state index in [1.807, 2.05) is 0 Å². The van der Waals surface area contributed by atoms with Gasteiger partial charge in [0.05, 0.1) is 4.90 Å². The van der Waals surface area contributed by atoms with Crippen LogP contribution in [0.15, 0.2) is 29.2 Å². The molecule has 0 saturated heterocycles. The second-order valence-corrected chi connectivity index (χ2v) is 5.67. The van der Waals surface area contributed by atoms with Crippen LogP contribution in [0, 0.1) is 0 Å². The number of sulfone groups is 1. The molecule has 0 fully saturated rings. The normalized spacial score (nSPS) is 12.2. The van der Waals surface area contributed by atoms with Crippen LogP contribution in [0.5, 0.6) is 0 Å². The Balaban J connectivity index is 3.17. The Morgan fingerprint density at radius 2 is 1.89 bits per heavy atom. The third kappa shape index (κ3) is 3.22. The summed E-state index contributed by atoms with van der Waals surface area (Å²) in [6, 6.07) is 5.02. The summed E-state index contributed by atoms with van der Waals surface area (Å²) >= 11 is 0. The van der Waals surface area contributed by atoms with Crippen molar-refractivity contribution in [2.45, 2.75) is 17.2 Å². The SMILES string of the molecule is CS(=O)(=O)c1ccccc1CC(F)(F)C(=O)NF. The number of carbonyl (C=O) groups excluding carboxylic acids is 1. The molecule has 0 aromatic heterocycles. The van der Waals surface area contributed by atoms with E-state index in [2.05, 4.69) is 0 Å². The molecule has 100 valence electrons. The maximum Gasteiger partial charge on any atom is 0.330 e. The van der Waals surface area contributed by atoms with E-state index in [4.69, 9.17) is 0 Å². The minimum absolute atomic E-state index is 0.242.